The largest absolute Gasteiger partial charge is 0.394 e. The molecule has 0 aliphatic carbocycles. The molecule has 1 aromatic carbocycles. The molecule has 5 heteroatoms. The molecule has 0 saturated carbocycles. The lowest BCUT2D eigenvalue weighted by atomic mass is 10.0. The van der Waals surface area contributed by atoms with Gasteiger partial charge in [-0.3, -0.25) is 0 Å². The van der Waals surface area contributed by atoms with Gasteiger partial charge in [0.05, 0.1) is 26.4 Å². The molecule has 0 heterocycles. The van der Waals surface area contributed by atoms with Gasteiger partial charge in [0, 0.05) is 6.61 Å². The first-order chi connectivity index (χ1) is 16.7. The number of aliphatic hydroxyl groups excluding tert-OH is 3. The van der Waals surface area contributed by atoms with Crippen LogP contribution in [-0.2, 0) is 16.5 Å². The minimum Gasteiger partial charge on any atom is -0.394 e. The first-order valence-electron chi connectivity index (χ1n) is 13.8. The predicted octanol–water partition coefficient (Wildman–Crippen LogP) is 6.84. The Morgan fingerprint density at radius 2 is 1.09 bits per heavy atom. The molecule has 0 aromatic heterocycles. The van der Waals surface area contributed by atoms with Gasteiger partial charge < -0.3 is 20.1 Å². The van der Waals surface area contributed by atoms with Crippen molar-refractivity contribution in [3.05, 3.63) is 35.9 Å². The fourth-order valence-corrected chi connectivity index (χ4v) is 3.33. The SMILES string of the molecule is CCCCCCCCCCCCCCCCC[O].CCOCc1ccccc1.OCC(O)CO. The van der Waals surface area contributed by atoms with Crippen LogP contribution in [0.5, 0.6) is 0 Å². The monoisotopic (exact) mass is 483 g/mol. The lowest BCUT2D eigenvalue weighted by molar-refractivity contribution is 0.0450. The summed E-state index contributed by atoms with van der Waals surface area (Å²) in [5.41, 5.74) is 1.24. The highest BCUT2D eigenvalue weighted by Gasteiger charge is 1.94. The molecule has 3 N–H and O–H groups in total. The van der Waals surface area contributed by atoms with Crippen LogP contribution in [-0.4, -0.2) is 47.9 Å². The van der Waals surface area contributed by atoms with Gasteiger partial charge in [0.2, 0.25) is 0 Å². The molecule has 0 fully saturated rings. The van der Waals surface area contributed by atoms with Gasteiger partial charge in [-0.1, -0.05) is 127 Å². The number of aliphatic hydroxyl groups is 3. The lowest BCUT2D eigenvalue weighted by Crippen LogP contribution is -2.15. The molecule has 5 nitrogen and oxygen atoms in total. The van der Waals surface area contributed by atoms with Crippen LogP contribution in [0.1, 0.15) is 116 Å². The maximum Gasteiger partial charge on any atom is 0.100 e. The Hall–Kier alpha value is -0.980. The summed E-state index contributed by atoms with van der Waals surface area (Å²) < 4.78 is 5.22. The highest BCUT2D eigenvalue weighted by molar-refractivity contribution is 5.13. The lowest BCUT2D eigenvalue weighted by Gasteiger charge is -2.02. The number of hydrogen-bond donors (Lipinski definition) is 3. The third-order valence-corrected chi connectivity index (χ3v) is 5.49. The van der Waals surface area contributed by atoms with Crippen LogP contribution in [0.15, 0.2) is 30.3 Å². The zero-order valence-electron chi connectivity index (χ0n) is 22.3. The fraction of sp³-hybridized carbons (Fsp3) is 0.793. The molecule has 0 amide bonds. The first kappa shape index (κ1) is 35.2. The summed E-state index contributed by atoms with van der Waals surface area (Å²) >= 11 is 0. The van der Waals surface area contributed by atoms with E-state index in [1.807, 2.05) is 25.1 Å². The van der Waals surface area contributed by atoms with Crippen molar-refractivity contribution in [1.29, 1.82) is 0 Å². The fourth-order valence-electron chi connectivity index (χ4n) is 3.33. The summed E-state index contributed by atoms with van der Waals surface area (Å²) in [5.74, 6) is 0. The maximum absolute atomic E-state index is 10.2. The molecular formula is C29H55O5. The molecule has 0 atom stereocenters. The molecule has 0 spiro atoms. The van der Waals surface area contributed by atoms with Crippen LogP contribution < -0.4 is 0 Å². The van der Waals surface area contributed by atoms with Gasteiger partial charge in [-0.25, -0.2) is 5.11 Å². The van der Waals surface area contributed by atoms with Crippen LogP contribution in [0.4, 0.5) is 0 Å². The second-order valence-corrected chi connectivity index (χ2v) is 8.80. The molecule has 0 bridgehead atoms. The summed E-state index contributed by atoms with van der Waals surface area (Å²) in [4.78, 5) is 0. The van der Waals surface area contributed by atoms with E-state index >= 15 is 0 Å². The van der Waals surface area contributed by atoms with E-state index in [1.165, 1.54) is 89.0 Å². The number of ether oxygens (including phenoxy) is 1. The molecule has 1 rings (SSSR count). The summed E-state index contributed by atoms with van der Waals surface area (Å²) in [5, 5.41) is 34.3. The highest BCUT2D eigenvalue weighted by Crippen LogP contribution is 2.13. The Bertz CT molecular complexity index is 435. The van der Waals surface area contributed by atoms with Crippen LogP contribution in [0.3, 0.4) is 0 Å². The molecule has 1 radical (unpaired) electrons. The minimum absolute atomic E-state index is 0.123. The molecule has 34 heavy (non-hydrogen) atoms. The second kappa shape index (κ2) is 32.0. The molecule has 0 saturated heterocycles. The summed E-state index contributed by atoms with van der Waals surface area (Å²) in [6, 6.07) is 10.2. The van der Waals surface area contributed by atoms with Crippen LogP contribution in [0, 0.1) is 0 Å². The average Bonchev–Trinajstić information content (AvgIpc) is 2.88. The van der Waals surface area contributed by atoms with E-state index < -0.39 is 6.10 Å². The summed E-state index contributed by atoms with van der Waals surface area (Å²) in [6.45, 7) is 5.20. The Morgan fingerprint density at radius 3 is 1.41 bits per heavy atom. The van der Waals surface area contributed by atoms with Gasteiger partial charge in [0.15, 0.2) is 0 Å². The zero-order chi connectivity index (χ0) is 25.5. The maximum atomic E-state index is 10.2. The van der Waals surface area contributed by atoms with Gasteiger partial charge in [0.1, 0.15) is 6.10 Å². The van der Waals surface area contributed by atoms with Crippen molar-refractivity contribution in [3.63, 3.8) is 0 Å². The van der Waals surface area contributed by atoms with Crippen molar-refractivity contribution in [2.24, 2.45) is 0 Å². The number of rotatable bonds is 20. The van der Waals surface area contributed by atoms with Crippen molar-refractivity contribution in [3.8, 4) is 0 Å². The van der Waals surface area contributed by atoms with Gasteiger partial charge in [-0.05, 0) is 18.9 Å². The Kier molecular flexibility index (Phi) is 33.1. The van der Waals surface area contributed by atoms with Gasteiger partial charge >= 0.3 is 0 Å². The molecule has 0 aliphatic heterocycles. The molecule has 201 valence electrons. The number of unbranched alkanes of at least 4 members (excludes halogenated alkanes) is 14. The van der Waals surface area contributed by atoms with Crippen molar-refractivity contribution in [1.82, 2.24) is 0 Å². The van der Waals surface area contributed by atoms with E-state index in [2.05, 4.69) is 19.1 Å². The normalized spacial score (nSPS) is 10.4. The van der Waals surface area contributed by atoms with E-state index in [1.54, 1.807) is 0 Å². The second-order valence-electron chi connectivity index (χ2n) is 8.80. The Morgan fingerprint density at radius 1 is 0.676 bits per heavy atom. The van der Waals surface area contributed by atoms with E-state index in [9.17, 15) is 5.11 Å². The van der Waals surface area contributed by atoms with Crippen molar-refractivity contribution < 1.29 is 25.2 Å². The predicted molar refractivity (Wildman–Crippen MR) is 142 cm³/mol. The zero-order valence-corrected chi connectivity index (χ0v) is 22.3. The molecule has 0 unspecified atom stereocenters. The van der Waals surface area contributed by atoms with Gasteiger partial charge in [-0.15, -0.1) is 0 Å². The quantitative estimate of drug-likeness (QED) is 0.177. The standard InChI is InChI=1S/C17H35O.C9H12O.C3H8O3/c1-2-3-4-5-6-7-8-9-10-11-12-13-14-15-16-17-18;1-2-10-8-9-6-4-3-5-7-9;4-1-3(6)2-5/h2-17H2,1H3;3-7H,2,8H2,1H3;3-6H,1-2H2. The topological polar surface area (TPSA) is 89.8 Å². The van der Waals surface area contributed by atoms with Crippen LogP contribution >= 0.6 is 0 Å². The summed E-state index contributed by atoms with van der Waals surface area (Å²) in [7, 11) is 0. The average molecular weight is 484 g/mol. The van der Waals surface area contributed by atoms with Gasteiger partial charge in [0.25, 0.3) is 0 Å². The van der Waals surface area contributed by atoms with E-state index in [4.69, 9.17) is 20.1 Å². The van der Waals surface area contributed by atoms with Crippen molar-refractivity contribution in [2.45, 2.75) is 123 Å². The van der Waals surface area contributed by atoms with E-state index in [0.29, 0.717) is 0 Å². The van der Waals surface area contributed by atoms with Crippen molar-refractivity contribution in [2.75, 3.05) is 26.4 Å². The third kappa shape index (κ3) is 31.0. The number of benzene rings is 1. The van der Waals surface area contributed by atoms with E-state index in [0.717, 1.165) is 26.1 Å². The Balaban J connectivity index is 0. The van der Waals surface area contributed by atoms with E-state index in [-0.39, 0.29) is 19.8 Å². The van der Waals surface area contributed by atoms with Crippen molar-refractivity contribution >= 4 is 0 Å². The summed E-state index contributed by atoms with van der Waals surface area (Å²) in [6.07, 6.45) is 19.4. The molecule has 0 aliphatic rings. The third-order valence-electron chi connectivity index (χ3n) is 5.49. The molecule has 1 aromatic rings. The smallest absolute Gasteiger partial charge is 0.100 e. The van der Waals surface area contributed by atoms with Crippen LogP contribution in [0.2, 0.25) is 0 Å². The minimum atomic E-state index is -0.954. The Labute approximate surface area is 210 Å². The highest BCUT2D eigenvalue weighted by atomic mass is 16.5. The molecular weight excluding hydrogens is 428 g/mol. The van der Waals surface area contributed by atoms with Gasteiger partial charge in [-0.2, -0.15) is 0 Å². The number of hydrogen-bond acceptors (Lipinski definition) is 4. The first-order valence-corrected chi connectivity index (χ1v) is 13.8. The van der Waals surface area contributed by atoms with Crippen LogP contribution in [0.25, 0.3) is 0 Å².